The molecule has 1 heterocycles. The average molecular weight is 268 g/mol. The molecule has 9 heteroatoms. The van der Waals surface area contributed by atoms with Crippen molar-refractivity contribution in [2.75, 3.05) is 5.32 Å². The summed E-state index contributed by atoms with van der Waals surface area (Å²) < 4.78 is 30.2. The van der Waals surface area contributed by atoms with E-state index in [4.69, 9.17) is 4.55 Å². The number of rotatable bonds is 1. The second-order valence-corrected chi connectivity index (χ2v) is 4.39. The van der Waals surface area contributed by atoms with E-state index < -0.39 is 26.7 Å². The van der Waals surface area contributed by atoms with Gasteiger partial charge in [0.25, 0.3) is 21.8 Å². The summed E-state index contributed by atoms with van der Waals surface area (Å²) in [5, 5.41) is 2.26. The summed E-state index contributed by atoms with van der Waals surface area (Å²) in [5.74, 6) is -1.62. The fourth-order valence-corrected chi connectivity index (χ4v) is 1.79. The van der Waals surface area contributed by atoms with Gasteiger partial charge in [-0.2, -0.15) is 8.42 Å². The maximum absolute atomic E-state index is 11.2. The van der Waals surface area contributed by atoms with Crippen LogP contribution in [0.25, 0.3) is 0 Å². The number of benzene rings is 1. The van der Waals surface area contributed by atoms with Gasteiger partial charge in [-0.25, -0.2) is 0 Å². The van der Waals surface area contributed by atoms with Crippen LogP contribution in [0.3, 0.4) is 0 Å². The third kappa shape index (κ3) is 2.92. The summed E-state index contributed by atoms with van der Waals surface area (Å²) in [5.41, 5.74) is 0.201. The minimum atomic E-state index is -4.36. The monoisotopic (exact) mass is 268 g/mol. The van der Waals surface area contributed by atoms with Crippen molar-refractivity contribution in [2.45, 2.75) is 4.90 Å². The molecule has 0 unspecified atom stereocenters. The third-order valence-electron chi connectivity index (χ3n) is 1.99. The Labute approximate surface area is 119 Å². The molecule has 0 aliphatic carbocycles. The number of anilines is 1. The fraction of sp³-hybridized carbons (Fsp3) is 0. The summed E-state index contributed by atoms with van der Waals surface area (Å²) in [6.07, 6.45) is 0. The number of hydrogen-bond acceptors (Lipinski definition) is 4. The normalized spacial score (nSPS) is 13.2. The zero-order chi connectivity index (χ0) is 11.2. The van der Waals surface area contributed by atoms with Crippen LogP contribution in [-0.4, -0.2) is 59.7 Å². The Hall–Kier alpha value is -0.770. The van der Waals surface area contributed by atoms with Crippen LogP contribution in [0.15, 0.2) is 23.1 Å². The van der Waals surface area contributed by atoms with E-state index in [-0.39, 0.29) is 46.3 Å². The van der Waals surface area contributed by atoms with E-state index in [2.05, 4.69) is 5.32 Å². The number of fused-ring (bicyclic) bond motifs is 1. The quantitative estimate of drug-likeness (QED) is 0.377. The second kappa shape index (κ2) is 5.25. The first-order chi connectivity index (χ1) is 6.89. The molecule has 0 atom stereocenters. The summed E-state index contributed by atoms with van der Waals surface area (Å²) in [7, 11) is -4.36. The van der Waals surface area contributed by atoms with Crippen LogP contribution in [0, 0.1) is 0 Å². The average Bonchev–Trinajstić information content (AvgIpc) is 2.41. The van der Waals surface area contributed by atoms with Gasteiger partial charge in [0.15, 0.2) is 0 Å². The predicted molar refractivity (Wildman–Crippen MR) is 58.6 cm³/mol. The first kappa shape index (κ1) is 16.2. The molecule has 1 radical (unpaired) electrons. The topological polar surface area (TPSA) is 132 Å². The summed E-state index contributed by atoms with van der Waals surface area (Å²) in [4.78, 5) is 21.7. The van der Waals surface area contributed by atoms with Crippen LogP contribution in [0.4, 0.5) is 5.69 Å². The molecule has 87 valence electrons. The molecule has 0 saturated heterocycles. The summed E-state index contributed by atoms with van der Waals surface area (Å²) in [6, 6.07) is 3.32. The van der Waals surface area contributed by atoms with Crippen molar-refractivity contribution in [3.8, 4) is 0 Å². The first-order valence-electron chi connectivity index (χ1n) is 3.87. The second-order valence-electron chi connectivity index (χ2n) is 2.97. The number of hydrogen-bond donors (Lipinski definition) is 2. The number of ketones is 1. The van der Waals surface area contributed by atoms with Gasteiger partial charge in [0.2, 0.25) is 0 Å². The molecule has 4 N–H and O–H groups in total. The molecule has 1 aliphatic rings. The molecular formula is C8H7NNaO6S. The Kier molecular flexibility index (Phi) is 5.02. The van der Waals surface area contributed by atoms with Crippen molar-refractivity contribution in [1.29, 1.82) is 0 Å². The number of Topliss-reactive ketones (excluding diaryl/α,β-unsaturated/α-hetero) is 1. The molecule has 1 aromatic carbocycles. The number of nitrogens with one attached hydrogen (secondary N) is 1. The van der Waals surface area contributed by atoms with Crippen molar-refractivity contribution in [3.05, 3.63) is 23.8 Å². The van der Waals surface area contributed by atoms with E-state index in [1.807, 2.05) is 0 Å². The molecule has 1 aromatic rings. The van der Waals surface area contributed by atoms with Gasteiger partial charge in [-0.3, -0.25) is 14.1 Å². The van der Waals surface area contributed by atoms with Gasteiger partial charge in [-0.1, -0.05) is 0 Å². The van der Waals surface area contributed by atoms with Crippen LogP contribution in [0.5, 0.6) is 0 Å². The summed E-state index contributed by atoms with van der Waals surface area (Å²) in [6.45, 7) is 0. The molecule has 1 amide bonds. The Morgan fingerprint density at radius 1 is 1.18 bits per heavy atom. The predicted octanol–water partition coefficient (Wildman–Crippen LogP) is -1.14. The van der Waals surface area contributed by atoms with E-state index in [1.54, 1.807) is 0 Å². The Balaban J connectivity index is 0.00000128. The summed E-state index contributed by atoms with van der Waals surface area (Å²) >= 11 is 0. The van der Waals surface area contributed by atoms with Gasteiger partial charge < -0.3 is 10.8 Å². The van der Waals surface area contributed by atoms with Gasteiger partial charge in [0.1, 0.15) is 0 Å². The zero-order valence-electron chi connectivity index (χ0n) is 8.72. The van der Waals surface area contributed by atoms with Gasteiger partial charge in [0, 0.05) is 29.6 Å². The molecule has 0 bridgehead atoms. The van der Waals surface area contributed by atoms with E-state index in [1.165, 1.54) is 6.07 Å². The molecule has 1 aliphatic heterocycles. The van der Waals surface area contributed by atoms with Gasteiger partial charge in [-0.05, 0) is 18.2 Å². The smallest absolute Gasteiger partial charge is 0.296 e. The minimum absolute atomic E-state index is 0. The van der Waals surface area contributed by atoms with Gasteiger partial charge >= 0.3 is 0 Å². The Bertz CT molecular complexity index is 582. The van der Waals surface area contributed by atoms with Crippen molar-refractivity contribution in [1.82, 2.24) is 0 Å². The molecule has 0 aromatic heterocycles. The first-order valence-corrected chi connectivity index (χ1v) is 5.31. The zero-order valence-corrected chi connectivity index (χ0v) is 11.5. The van der Waals surface area contributed by atoms with Gasteiger partial charge in [0.05, 0.1) is 16.1 Å². The van der Waals surface area contributed by atoms with Gasteiger partial charge in [-0.15, -0.1) is 0 Å². The van der Waals surface area contributed by atoms with Crippen molar-refractivity contribution < 1.29 is 28.0 Å². The van der Waals surface area contributed by atoms with Crippen LogP contribution in [0.1, 0.15) is 10.4 Å². The number of carbonyl (C=O) groups is 2. The SMILES string of the molecule is O.O=C1Nc2ccc(S(=O)(=O)O)cc2C1=O.[Na]. The standard InChI is InChI=1S/C8H5NO5S.Na.H2O/c10-7-5-3-4(15(12,13)14)1-2-6(5)9-8(7)11;;/h1-3H,(H,9,10,11)(H,12,13,14);;1H2. The van der Waals surface area contributed by atoms with E-state index in [0.29, 0.717) is 0 Å². The van der Waals surface area contributed by atoms with Crippen LogP contribution in [-0.2, 0) is 14.9 Å². The maximum Gasteiger partial charge on any atom is 0.296 e. The molecule has 2 rings (SSSR count). The van der Waals surface area contributed by atoms with Crippen molar-refractivity contribution in [3.63, 3.8) is 0 Å². The number of amides is 1. The molecular weight excluding hydrogens is 261 g/mol. The van der Waals surface area contributed by atoms with Crippen molar-refractivity contribution >= 4 is 57.1 Å². The van der Waals surface area contributed by atoms with Crippen molar-refractivity contribution in [2.24, 2.45) is 0 Å². The largest absolute Gasteiger partial charge is 0.412 e. The van der Waals surface area contributed by atoms with Crippen LogP contribution >= 0.6 is 0 Å². The van der Waals surface area contributed by atoms with Crippen LogP contribution in [0.2, 0.25) is 0 Å². The molecule has 0 spiro atoms. The van der Waals surface area contributed by atoms with E-state index in [0.717, 1.165) is 12.1 Å². The Morgan fingerprint density at radius 3 is 2.29 bits per heavy atom. The minimum Gasteiger partial charge on any atom is -0.412 e. The third-order valence-corrected chi connectivity index (χ3v) is 2.84. The molecule has 7 nitrogen and oxygen atoms in total. The van der Waals surface area contributed by atoms with Crippen LogP contribution < -0.4 is 5.32 Å². The van der Waals surface area contributed by atoms with E-state index >= 15 is 0 Å². The fourth-order valence-electron chi connectivity index (χ4n) is 1.28. The maximum atomic E-state index is 11.2. The molecule has 17 heavy (non-hydrogen) atoms. The Morgan fingerprint density at radius 2 is 1.76 bits per heavy atom. The molecule has 0 saturated carbocycles. The van der Waals surface area contributed by atoms with E-state index in [9.17, 15) is 18.0 Å². The number of carbonyl (C=O) groups excluding carboxylic acids is 2. The molecule has 0 fully saturated rings.